The number of carbonyl (C=O) groups is 7. The number of hydrogen-bond donors (Lipinski definition) is 3. The van der Waals surface area contributed by atoms with Crippen LogP contribution < -0.4 is 0 Å². The van der Waals surface area contributed by atoms with E-state index in [2.05, 4.69) is 4.74 Å². The van der Waals surface area contributed by atoms with Crippen LogP contribution in [0.3, 0.4) is 0 Å². The Hall–Kier alpha value is -8.71. The molecule has 436 valence electrons. The minimum atomic E-state index is -1.40. The van der Waals surface area contributed by atoms with Crippen molar-refractivity contribution in [3.63, 3.8) is 0 Å². The first kappa shape index (κ1) is 61.9. The first-order valence-corrected chi connectivity index (χ1v) is 25.8. The number of aliphatic hydroxyl groups is 3. The van der Waals surface area contributed by atoms with Gasteiger partial charge in [0.1, 0.15) is 43.7 Å². The van der Waals surface area contributed by atoms with E-state index in [1.807, 2.05) is 0 Å². The van der Waals surface area contributed by atoms with Crippen molar-refractivity contribution in [2.24, 2.45) is 0 Å². The summed E-state index contributed by atoms with van der Waals surface area (Å²) in [6, 6.07) is 49.8. The number of methoxy groups -OCH3 is 2. The predicted molar refractivity (Wildman–Crippen MR) is 287 cm³/mol. The zero-order valence-electron chi connectivity index (χ0n) is 45.0. The van der Waals surface area contributed by atoms with Gasteiger partial charge < -0.3 is 72.2 Å². The van der Waals surface area contributed by atoms with E-state index in [0.29, 0.717) is 22.3 Å². The molecule has 22 heteroatoms. The van der Waals surface area contributed by atoms with E-state index in [1.54, 1.807) is 182 Å². The lowest BCUT2D eigenvalue weighted by Gasteiger charge is -2.24. The van der Waals surface area contributed by atoms with Gasteiger partial charge in [0.15, 0.2) is 30.9 Å². The predicted octanol–water partition coefficient (Wildman–Crippen LogP) is 5.32. The van der Waals surface area contributed by atoms with Gasteiger partial charge in [-0.2, -0.15) is 0 Å². The third-order valence-corrected chi connectivity index (χ3v) is 12.6. The van der Waals surface area contributed by atoms with Gasteiger partial charge in [0.05, 0.1) is 40.0 Å². The zero-order chi connectivity index (χ0) is 59.3. The van der Waals surface area contributed by atoms with E-state index in [9.17, 15) is 33.6 Å². The van der Waals surface area contributed by atoms with Gasteiger partial charge >= 0.3 is 41.8 Å². The molecule has 3 N–H and O–H groups in total. The van der Waals surface area contributed by atoms with Crippen molar-refractivity contribution in [2.45, 2.75) is 80.7 Å². The number of carbonyl (C=O) groups excluding carboxylic acids is 7. The fraction of sp³-hybridized carbons (Fsp3) is 0.295. The Morgan fingerprint density at radius 2 is 0.639 bits per heavy atom. The first-order valence-electron chi connectivity index (χ1n) is 25.8. The standard InChI is InChI=1S/C28H24O9.C27H24O8.C6H12O5/c1-18(29)34-28-24(37-27(32)21-15-9-4-10-16-21)23(36-26(31)20-13-7-3-8-14-20)22(35-28)17-33-25(30)19-11-5-2-6-12-19;1-31-27-23(35-26(30)20-15-9-4-10-16-20)22(34-25(29)19-13-7-3-8-14-19)21(33-27)17-32-24(28)18-11-5-2-6-12-18;1-10-6-5(9)4(8)3(2-7)11-6/h2-16,22-24,28H,17H2,1H3;2-16,21-23,27H,17H2,1H3;3-9H,2H2,1H3/t22-,23?,24-,28-;21-,22?,23-,27?;3-,4?,5+,6?/m000/s1. The largest absolute Gasteiger partial charge is 0.459 e. The van der Waals surface area contributed by atoms with Crippen LogP contribution in [0.5, 0.6) is 0 Å². The highest BCUT2D eigenvalue weighted by molar-refractivity contribution is 5.92. The van der Waals surface area contributed by atoms with Crippen molar-refractivity contribution in [1.82, 2.24) is 0 Å². The second-order valence-corrected chi connectivity index (χ2v) is 18.2. The van der Waals surface area contributed by atoms with Crippen molar-refractivity contribution < 1.29 is 106 Å². The van der Waals surface area contributed by atoms with E-state index in [-0.39, 0.29) is 30.9 Å². The molecule has 83 heavy (non-hydrogen) atoms. The van der Waals surface area contributed by atoms with Crippen molar-refractivity contribution in [3.8, 4) is 0 Å². The van der Waals surface area contributed by atoms with Crippen LogP contribution in [-0.2, 0) is 61.6 Å². The molecular formula is C61H60O22. The maximum absolute atomic E-state index is 12.9. The second-order valence-electron chi connectivity index (χ2n) is 18.2. The SMILES string of the molecule is CC(=O)O[C@H]1O[C@@H](COC(=O)c2ccccc2)C(OC(=O)c2ccccc2)[C@@H]1OC(=O)c1ccccc1.COC1O[C@@H](CO)C(O)[C@H]1O.COC1O[C@@H](COC(=O)c2ccccc2)C(OC(=O)c2ccccc2)[C@@H]1OC(=O)c1ccccc1. The van der Waals surface area contributed by atoms with Crippen molar-refractivity contribution >= 4 is 41.8 Å². The summed E-state index contributed by atoms with van der Waals surface area (Å²) in [7, 11) is 2.74. The Balaban J connectivity index is 0.000000202. The number of hydrogen-bond acceptors (Lipinski definition) is 22. The highest BCUT2D eigenvalue weighted by atomic mass is 16.8. The Kier molecular flexibility index (Phi) is 23.1. The monoisotopic (exact) mass is 1140 g/mol. The third kappa shape index (κ3) is 17.2. The highest BCUT2D eigenvalue weighted by Crippen LogP contribution is 2.32. The normalized spacial score (nSPS) is 24.0. The second kappa shape index (κ2) is 30.9. The Bertz CT molecular complexity index is 3010. The van der Waals surface area contributed by atoms with Crippen LogP contribution in [0.4, 0.5) is 0 Å². The fourth-order valence-corrected chi connectivity index (χ4v) is 8.39. The van der Waals surface area contributed by atoms with Gasteiger partial charge in [-0.25, -0.2) is 28.8 Å². The fourth-order valence-electron chi connectivity index (χ4n) is 8.39. The van der Waals surface area contributed by atoms with Gasteiger partial charge in [0, 0.05) is 21.1 Å². The molecule has 6 aromatic carbocycles. The number of aliphatic hydroxyl groups excluding tert-OH is 3. The average molecular weight is 1150 g/mol. The minimum absolute atomic E-state index is 0.233. The van der Waals surface area contributed by atoms with Crippen molar-refractivity contribution in [1.29, 1.82) is 0 Å². The van der Waals surface area contributed by atoms with Crippen LogP contribution in [0.25, 0.3) is 0 Å². The molecule has 0 spiro atoms. The molecule has 0 radical (unpaired) electrons. The van der Waals surface area contributed by atoms with Crippen molar-refractivity contribution in [3.05, 3.63) is 215 Å². The average Bonchev–Trinajstić information content (AvgIpc) is 4.25. The summed E-state index contributed by atoms with van der Waals surface area (Å²) in [5, 5.41) is 26.9. The summed E-state index contributed by atoms with van der Waals surface area (Å²) >= 11 is 0. The molecule has 5 unspecified atom stereocenters. The Labute approximate surface area is 476 Å². The van der Waals surface area contributed by atoms with E-state index in [1.165, 1.54) is 14.2 Å². The zero-order valence-corrected chi connectivity index (χ0v) is 45.0. The van der Waals surface area contributed by atoms with Gasteiger partial charge in [-0.15, -0.1) is 0 Å². The van der Waals surface area contributed by atoms with E-state index in [4.69, 9.17) is 67.4 Å². The molecule has 0 aromatic heterocycles. The molecule has 9 rings (SSSR count). The summed E-state index contributed by atoms with van der Waals surface area (Å²) < 4.78 is 65.3. The first-order chi connectivity index (χ1) is 40.2. The molecule has 0 saturated carbocycles. The molecule has 3 aliphatic rings. The summed E-state index contributed by atoms with van der Waals surface area (Å²) in [6.07, 6.45) is -13.0. The van der Waals surface area contributed by atoms with Crippen LogP contribution in [0.2, 0.25) is 0 Å². The summed E-state index contributed by atoms with van der Waals surface area (Å²) in [6.45, 7) is 0.225. The maximum Gasteiger partial charge on any atom is 0.338 e. The quantitative estimate of drug-likeness (QED) is 0.0725. The summed E-state index contributed by atoms with van der Waals surface area (Å²) in [4.78, 5) is 88.1. The summed E-state index contributed by atoms with van der Waals surface area (Å²) in [5.41, 5.74) is 1.76. The lowest BCUT2D eigenvalue weighted by Crippen LogP contribution is -2.42. The van der Waals surface area contributed by atoms with Crippen LogP contribution in [-0.4, -0.2) is 165 Å². The highest BCUT2D eigenvalue weighted by Gasteiger charge is 2.53. The number of benzene rings is 6. The lowest BCUT2D eigenvalue weighted by atomic mass is 10.1. The summed E-state index contributed by atoms with van der Waals surface area (Å²) in [5.74, 6) is -4.65. The van der Waals surface area contributed by atoms with Gasteiger partial charge in [-0.1, -0.05) is 109 Å². The molecule has 3 fully saturated rings. The molecule has 12 atom stereocenters. The Morgan fingerprint density at radius 3 is 0.916 bits per heavy atom. The van der Waals surface area contributed by atoms with Gasteiger partial charge in [-0.3, -0.25) is 4.79 Å². The van der Waals surface area contributed by atoms with Crippen molar-refractivity contribution in [2.75, 3.05) is 34.0 Å². The number of rotatable bonds is 18. The van der Waals surface area contributed by atoms with Gasteiger partial charge in [-0.05, 0) is 72.8 Å². The lowest BCUT2D eigenvalue weighted by molar-refractivity contribution is -0.188. The number of ether oxygens (including phenoxy) is 12. The van der Waals surface area contributed by atoms with Crippen LogP contribution in [0, 0.1) is 0 Å². The molecule has 3 saturated heterocycles. The molecule has 0 amide bonds. The molecular weight excluding hydrogens is 1080 g/mol. The van der Waals surface area contributed by atoms with Gasteiger partial charge in [0.2, 0.25) is 12.4 Å². The molecule has 0 bridgehead atoms. The smallest absolute Gasteiger partial charge is 0.338 e. The number of esters is 7. The van der Waals surface area contributed by atoms with E-state index in [0.717, 1.165) is 6.92 Å². The maximum atomic E-state index is 12.9. The van der Waals surface area contributed by atoms with Crippen LogP contribution in [0.1, 0.15) is 69.1 Å². The molecule has 0 aliphatic carbocycles. The van der Waals surface area contributed by atoms with Crippen LogP contribution in [0.15, 0.2) is 182 Å². The van der Waals surface area contributed by atoms with E-state index >= 15 is 0 Å². The topological polar surface area (TPSA) is 291 Å². The molecule has 3 aliphatic heterocycles. The van der Waals surface area contributed by atoms with Gasteiger partial charge in [0.25, 0.3) is 0 Å². The third-order valence-electron chi connectivity index (χ3n) is 12.6. The Morgan fingerprint density at radius 1 is 0.361 bits per heavy atom. The molecule has 3 heterocycles. The van der Waals surface area contributed by atoms with E-state index < -0.39 is 116 Å². The molecule has 6 aromatic rings. The van der Waals surface area contributed by atoms with Crippen LogP contribution >= 0.6 is 0 Å². The molecule has 22 nitrogen and oxygen atoms in total. The minimum Gasteiger partial charge on any atom is -0.459 e.